The summed E-state index contributed by atoms with van der Waals surface area (Å²) in [5, 5.41) is 14.1. The quantitative estimate of drug-likeness (QED) is 0.861. The van der Waals surface area contributed by atoms with Crippen molar-refractivity contribution in [2.24, 2.45) is 5.92 Å². The third-order valence-electron chi connectivity index (χ3n) is 5.17. The molecule has 7 nitrogen and oxygen atoms in total. The van der Waals surface area contributed by atoms with Gasteiger partial charge in [-0.25, -0.2) is 0 Å². The van der Waals surface area contributed by atoms with Crippen LogP contribution >= 0.6 is 0 Å². The highest BCUT2D eigenvalue weighted by Gasteiger charge is 2.34. The van der Waals surface area contributed by atoms with E-state index in [9.17, 15) is 14.7 Å². The predicted molar refractivity (Wildman–Crippen MR) is 90.7 cm³/mol. The van der Waals surface area contributed by atoms with Crippen LogP contribution in [-0.4, -0.2) is 64.2 Å². The number of aryl methyl sites for hydroxylation is 1. The summed E-state index contributed by atoms with van der Waals surface area (Å²) in [6.45, 7) is 3.97. The van der Waals surface area contributed by atoms with Gasteiger partial charge < -0.3 is 19.4 Å². The first-order valence-electron chi connectivity index (χ1n) is 9.18. The number of rotatable bonds is 5. The molecule has 2 amide bonds. The van der Waals surface area contributed by atoms with E-state index in [4.69, 9.17) is 4.52 Å². The van der Waals surface area contributed by atoms with Gasteiger partial charge in [0.05, 0.1) is 11.8 Å². The maximum atomic E-state index is 12.5. The van der Waals surface area contributed by atoms with Gasteiger partial charge in [0.2, 0.25) is 11.8 Å². The first-order chi connectivity index (χ1) is 12.0. The van der Waals surface area contributed by atoms with Gasteiger partial charge in [0.25, 0.3) is 0 Å². The second-order valence-electron chi connectivity index (χ2n) is 7.21. The molecule has 7 heteroatoms. The molecule has 0 unspecified atom stereocenters. The number of likely N-dealkylation sites (tertiary alicyclic amines) is 2. The lowest BCUT2D eigenvalue weighted by atomic mass is 10.0. The molecule has 3 rings (SSSR count). The largest absolute Gasteiger partial charge is 0.391 e. The normalized spacial score (nSPS) is 24.6. The van der Waals surface area contributed by atoms with Crippen molar-refractivity contribution < 1.29 is 19.2 Å². The van der Waals surface area contributed by atoms with Crippen LogP contribution in [0.1, 0.15) is 43.6 Å². The Morgan fingerprint density at radius 1 is 1.36 bits per heavy atom. The Bertz CT molecular complexity index is 615. The van der Waals surface area contributed by atoms with Gasteiger partial charge >= 0.3 is 0 Å². The molecule has 3 heterocycles. The second kappa shape index (κ2) is 7.99. The zero-order chi connectivity index (χ0) is 17.8. The maximum Gasteiger partial charge on any atom is 0.224 e. The van der Waals surface area contributed by atoms with Gasteiger partial charge in [-0.3, -0.25) is 9.59 Å². The Labute approximate surface area is 147 Å². The van der Waals surface area contributed by atoms with E-state index in [1.807, 2.05) is 17.9 Å². The van der Waals surface area contributed by atoms with Crippen LogP contribution in [0, 0.1) is 12.8 Å². The van der Waals surface area contributed by atoms with Crippen molar-refractivity contribution in [3.05, 3.63) is 17.5 Å². The molecule has 138 valence electrons. The number of carbonyl (C=O) groups is 2. The molecule has 0 saturated carbocycles. The molecule has 0 aromatic carbocycles. The first kappa shape index (κ1) is 17.9. The summed E-state index contributed by atoms with van der Waals surface area (Å²) in [6.07, 6.45) is 4.00. The lowest BCUT2D eigenvalue weighted by molar-refractivity contribution is -0.133. The molecular formula is C18H27N3O4. The highest BCUT2D eigenvalue weighted by Crippen LogP contribution is 2.23. The number of hydrogen-bond acceptors (Lipinski definition) is 5. The highest BCUT2D eigenvalue weighted by atomic mass is 16.5. The van der Waals surface area contributed by atoms with E-state index < -0.39 is 6.10 Å². The summed E-state index contributed by atoms with van der Waals surface area (Å²) in [5.41, 5.74) is 0.817. The van der Waals surface area contributed by atoms with Crippen molar-refractivity contribution in [1.29, 1.82) is 0 Å². The third-order valence-corrected chi connectivity index (χ3v) is 5.17. The molecule has 2 atom stereocenters. The van der Waals surface area contributed by atoms with Gasteiger partial charge in [-0.15, -0.1) is 0 Å². The standard InChI is InChI=1S/C18H27N3O4/c1-13-9-15(25-19-13)10-14-11-21(12-16(14)22)18(24)6-8-20-7-4-2-3-5-17(20)23/h9,14,16,22H,2-8,10-12H2,1H3/t14-,16+/m1/s1. The summed E-state index contributed by atoms with van der Waals surface area (Å²) in [4.78, 5) is 28.0. The number of β-amino-alcohol motifs (C(OH)–C–C–N with tert-alkyl or cyclic N) is 1. The fraction of sp³-hybridized carbons (Fsp3) is 0.722. The van der Waals surface area contributed by atoms with Crippen LogP contribution in [0.25, 0.3) is 0 Å². The molecule has 2 aliphatic rings. The average Bonchev–Trinajstić information content (AvgIpc) is 3.08. The summed E-state index contributed by atoms with van der Waals surface area (Å²) in [7, 11) is 0. The van der Waals surface area contributed by atoms with Gasteiger partial charge in [0.1, 0.15) is 5.76 Å². The molecule has 0 radical (unpaired) electrons. The van der Waals surface area contributed by atoms with Gasteiger partial charge in [0, 0.05) is 57.4 Å². The van der Waals surface area contributed by atoms with Crippen LogP contribution < -0.4 is 0 Å². The number of amides is 2. The molecule has 0 aliphatic carbocycles. The number of carbonyl (C=O) groups excluding carboxylic acids is 2. The molecule has 25 heavy (non-hydrogen) atoms. The van der Waals surface area contributed by atoms with Crippen LogP contribution in [0.4, 0.5) is 0 Å². The van der Waals surface area contributed by atoms with Crippen LogP contribution in [-0.2, 0) is 16.0 Å². The number of hydrogen-bond donors (Lipinski definition) is 1. The third kappa shape index (κ3) is 4.60. The fourth-order valence-corrected chi connectivity index (χ4v) is 3.69. The van der Waals surface area contributed by atoms with E-state index in [1.54, 1.807) is 4.90 Å². The molecule has 0 bridgehead atoms. The lowest BCUT2D eigenvalue weighted by Crippen LogP contribution is -2.36. The lowest BCUT2D eigenvalue weighted by Gasteiger charge is -2.22. The van der Waals surface area contributed by atoms with E-state index in [1.165, 1.54) is 0 Å². The summed E-state index contributed by atoms with van der Waals surface area (Å²) in [6, 6.07) is 1.86. The highest BCUT2D eigenvalue weighted by molar-refractivity contribution is 5.79. The average molecular weight is 349 g/mol. The summed E-state index contributed by atoms with van der Waals surface area (Å²) < 4.78 is 5.21. The van der Waals surface area contributed by atoms with Crippen molar-refractivity contribution in [1.82, 2.24) is 15.0 Å². The predicted octanol–water partition coefficient (Wildman–Crippen LogP) is 1.14. The zero-order valence-corrected chi connectivity index (χ0v) is 14.8. The van der Waals surface area contributed by atoms with E-state index in [0.717, 1.165) is 37.3 Å². The minimum Gasteiger partial charge on any atom is -0.391 e. The first-order valence-corrected chi connectivity index (χ1v) is 9.18. The Balaban J connectivity index is 1.48. The van der Waals surface area contributed by atoms with E-state index in [-0.39, 0.29) is 17.7 Å². The zero-order valence-electron chi connectivity index (χ0n) is 14.8. The summed E-state index contributed by atoms with van der Waals surface area (Å²) >= 11 is 0. The van der Waals surface area contributed by atoms with E-state index in [0.29, 0.717) is 38.9 Å². The van der Waals surface area contributed by atoms with Gasteiger partial charge in [-0.05, 0) is 19.8 Å². The van der Waals surface area contributed by atoms with Gasteiger partial charge in [-0.2, -0.15) is 0 Å². The molecular weight excluding hydrogens is 322 g/mol. The summed E-state index contributed by atoms with van der Waals surface area (Å²) in [5.74, 6) is 0.875. The minimum atomic E-state index is -0.547. The molecule has 1 N–H and O–H groups in total. The number of aliphatic hydroxyl groups is 1. The Morgan fingerprint density at radius 3 is 2.96 bits per heavy atom. The van der Waals surface area contributed by atoms with Crippen LogP contribution in [0.2, 0.25) is 0 Å². The van der Waals surface area contributed by atoms with Crippen molar-refractivity contribution in [2.45, 2.75) is 51.6 Å². The molecule has 2 aliphatic heterocycles. The fourth-order valence-electron chi connectivity index (χ4n) is 3.69. The maximum absolute atomic E-state index is 12.5. The van der Waals surface area contributed by atoms with Crippen molar-refractivity contribution >= 4 is 11.8 Å². The number of aromatic nitrogens is 1. The Hall–Kier alpha value is -1.89. The molecule has 1 aromatic rings. The second-order valence-corrected chi connectivity index (χ2v) is 7.21. The molecule has 2 fully saturated rings. The van der Waals surface area contributed by atoms with Gasteiger partial charge in [0.15, 0.2) is 0 Å². The topological polar surface area (TPSA) is 86.9 Å². The monoisotopic (exact) mass is 349 g/mol. The van der Waals surface area contributed by atoms with Crippen LogP contribution in [0.3, 0.4) is 0 Å². The number of nitrogens with zero attached hydrogens (tertiary/aromatic N) is 3. The van der Waals surface area contributed by atoms with Gasteiger partial charge in [-0.1, -0.05) is 11.6 Å². The minimum absolute atomic E-state index is 0.00680. The van der Waals surface area contributed by atoms with Crippen molar-refractivity contribution in [2.75, 3.05) is 26.2 Å². The molecule has 1 aromatic heterocycles. The van der Waals surface area contributed by atoms with E-state index in [2.05, 4.69) is 5.16 Å². The smallest absolute Gasteiger partial charge is 0.224 e. The Kier molecular flexibility index (Phi) is 5.73. The van der Waals surface area contributed by atoms with E-state index >= 15 is 0 Å². The van der Waals surface area contributed by atoms with Crippen LogP contribution in [0.15, 0.2) is 10.6 Å². The molecule has 0 spiro atoms. The van der Waals surface area contributed by atoms with Crippen LogP contribution in [0.5, 0.6) is 0 Å². The number of aliphatic hydroxyl groups excluding tert-OH is 1. The van der Waals surface area contributed by atoms with Crippen molar-refractivity contribution in [3.63, 3.8) is 0 Å². The molecule has 2 saturated heterocycles. The van der Waals surface area contributed by atoms with Crippen molar-refractivity contribution in [3.8, 4) is 0 Å². The Morgan fingerprint density at radius 2 is 2.20 bits per heavy atom. The SMILES string of the molecule is Cc1cc(C[C@@H]2CN(C(=O)CCN3CCCCCC3=O)C[C@@H]2O)on1.